The van der Waals surface area contributed by atoms with Crippen LogP contribution in [0.3, 0.4) is 0 Å². The first-order valence-corrected chi connectivity index (χ1v) is 17.1. The normalized spacial score (nSPS) is 13.8. The first-order chi connectivity index (χ1) is 22.3. The molecule has 0 spiro atoms. The van der Waals surface area contributed by atoms with Gasteiger partial charge >= 0.3 is 5.97 Å². The minimum absolute atomic E-state index is 0.0235. The van der Waals surface area contributed by atoms with Crippen LogP contribution < -0.4 is 16.0 Å². The molecule has 1 saturated carbocycles. The summed E-state index contributed by atoms with van der Waals surface area (Å²) in [6.07, 6.45) is 5.13. The van der Waals surface area contributed by atoms with Gasteiger partial charge in [-0.05, 0) is 68.1 Å². The lowest BCUT2D eigenvalue weighted by molar-refractivity contribution is -0.120. The SMILES string of the molecule is CCOC(=O)c1c(NC(=O)C(Sc2cccc(NC(=O)C3CCCCC3)c2)c2ccccc2)sc(C(=O)Nc2ccccc2)c1C. The van der Waals surface area contributed by atoms with Crippen LogP contribution >= 0.6 is 23.1 Å². The Kier molecular flexibility index (Phi) is 11.3. The fourth-order valence-electron chi connectivity index (χ4n) is 5.45. The van der Waals surface area contributed by atoms with Crippen molar-refractivity contribution in [3.63, 3.8) is 0 Å². The fraction of sp³-hybridized carbons (Fsp3) is 0.278. The lowest BCUT2D eigenvalue weighted by atomic mass is 9.88. The van der Waals surface area contributed by atoms with E-state index >= 15 is 0 Å². The van der Waals surface area contributed by atoms with Crippen molar-refractivity contribution in [2.45, 2.75) is 56.1 Å². The molecular formula is C36H37N3O5S2. The van der Waals surface area contributed by atoms with Crippen molar-refractivity contribution in [1.29, 1.82) is 0 Å². The number of nitrogens with one attached hydrogen (secondary N) is 3. The first-order valence-electron chi connectivity index (χ1n) is 15.4. The van der Waals surface area contributed by atoms with Gasteiger partial charge in [-0.15, -0.1) is 23.1 Å². The molecule has 3 N–H and O–H groups in total. The number of rotatable bonds is 11. The smallest absolute Gasteiger partial charge is 0.341 e. The van der Waals surface area contributed by atoms with Crippen molar-refractivity contribution >= 4 is 63.2 Å². The molecule has 3 aromatic carbocycles. The second-order valence-corrected chi connectivity index (χ2v) is 13.2. The Labute approximate surface area is 277 Å². The molecule has 0 bridgehead atoms. The number of thiophene rings is 1. The van der Waals surface area contributed by atoms with Gasteiger partial charge < -0.3 is 20.7 Å². The molecule has 1 unspecified atom stereocenters. The number of hydrogen-bond acceptors (Lipinski definition) is 7. The molecule has 238 valence electrons. The van der Waals surface area contributed by atoms with Gasteiger partial charge in [0.15, 0.2) is 0 Å². The van der Waals surface area contributed by atoms with Crippen LogP contribution in [0.15, 0.2) is 89.8 Å². The lowest BCUT2D eigenvalue weighted by Crippen LogP contribution is -2.24. The fourth-order valence-corrected chi connectivity index (χ4v) is 7.62. The number of carbonyl (C=O) groups is 4. The number of amides is 3. The third-order valence-electron chi connectivity index (χ3n) is 7.77. The molecule has 1 heterocycles. The number of ether oxygens (including phenoxy) is 1. The highest BCUT2D eigenvalue weighted by Gasteiger charge is 2.30. The summed E-state index contributed by atoms with van der Waals surface area (Å²) in [5, 5.41) is 8.41. The maximum Gasteiger partial charge on any atom is 0.341 e. The van der Waals surface area contributed by atoms with Crippen LogP contribution in [-0.2, 0) is 14.3 Å². The number of benzene rings is 3. The van der Waals surface area contributed by atoms with Crippen LogP contribution in [0.5, 0.6) is 0 Å². The quantitative estimate of drug-likeness (QED) is 0.110. The molecule has 8 nitrogen and oxygen atoms in total. The zero-order valence-corrected chi connectivity index (χ0v) is 27.5. The summed E-state index contributed by atoms with van der Waals surface area (Å²) >= 11 is 2.37. The summed E-state index contributed by atoms with van der Waals surface area (Å²) in [7, 11) is 0. The summed E-state index contributed by atoms with van der Waals surface area (Å²) in [4.78, 5) is 54.4. The third-order valence-corrected chi connectivity index (χ3v) is 10.2. The van der Waals surface area contributed by atoms with Crippen LogP contribution in [0.4, 0.5) is 16.4 Å². The van der Waals surface area contributed by atoms with Crippen LogP contribution in [0.2, 0.25) is 0 Å². The van der Waals surface area contributed by atoms with E-state index < -0.39 is 11.2 Å². The minimum atomic E-state index is -0.704. The molecule has 10 heteroatoms. The Hall–Kier alpha value is -4.41. The molecule has 0 radical (unpaired) electrons. The molecule has 4 aromatic rings. The summed E-state index contributed by atoms with van der Waals surface area (Å²) in [6.45, 7) is 3.52. The van der Waals surface area contributed by atoms with E-state index in [1.54, 1.807) is 26.0 Å². The van der Waals surface area contributed by atoms with Gasteiger partial charge in [0.25, 0.3) is 5.91 Å². The number of para-hydroxylation sites is 1. The van der Waals surface area contributed by atoms with E-state index in [0.717, 1.165) is 47.5 Å². The van der Waals surface area contributed by atoms with E-state index in [1.165, 1.54) is 18.2 Å². The van der Waals surface area contributed by atoms with Crippen molar-refractivity contribution in [3.8, 4) is 0 Å². The minimum Gasteiger partial charge on any atom is -0.462 e. The Balaban J connectivity index is 1.40. The number of carbonyl (C=O) groups excluding carboxylic acids is 4. The molecule has 46 heavy (non-hydrogen) atoms. The molecule has 1 aliphatic carbocycles. The van der Waals surface area contributed by atoms with Gasteiger partial charge in [-0.2, -0.15) is 0 Å². The second-order valence-electron chi connectivity index (χ2n) is 11.1. The Morgan fingerprint density at radius 1 is 0.848 bits per heavy atom. The zero-order valence-electron chi connectivity index (χ0n) is 25.8. The summed E-state index contributed by atoms with van der Waals surface area (Å²) in [5.74, 6) is -1.31. The van der Waals surface area contributed by atoms with Gasteiger partial charge in [-0.3, -0.25) is 14.4 Å². The van der Waals surface area contributed by atoms with Gasteiger partial charge in [0, 0.05) is 22.2 Å². The average Bonchev–Trinajstić information content (AvgIpc) is 3.40. The molecule has 3 amide bonds. The van der Waals surface area contributed by atoms with E-state index in [2.05, 4.69) is 16.0 Å². The van der Waals surface area contributed by atoms with Crippen molar-refractivity contribution in [2.75, 3.05) is 22.6 Å². The first kappa shape index (κ1) is 33.0. The Morgan fingerprint density at radius 3 is 2.22 bits per heavy atom. The van der Waals surface area contributed by atoms with Crippen molar-refractivity contribution in [3.05, 3.63) is 106 Å². The van der Waals surface area contributed by atoms with Crippen molar-refractivity contribution < 1.29 is 23.9 Å². The molecular weight excluding hydrogens is 619 g/mol. The van der Waals surface area contributed by atoms with E-state index in [4.69, 9.17) is 4.74 Å². The van der Waals surface area contributed by atoms with Crippen LogP contribution in [0.1, 0.15) is 75.4 Å². The molecule has 1 fully saturated rings. The molecule has 0 saturated heterocycles. The highest BCUT2D eigenvalue weighted by Crippen LogP contribution is 2.40. The molecule has 1 atom stereocenters. The van der Waals surface area contributed by atoms with Gasteiger partial charge in [0.05, 0.1) is 17.0 Å². The molecule has 5 rings (SSSR count). The number of esters is 1. The summed E-state index contributed by atoms with van der Waals surface area (Å²) in [6, 6.07) is 25.9. The van der Waals surface area contributed by atoms with Gasteiger partial charge in [0.2, 0.25) is 11.8 Å². The zero-order chi connectivity index (χ0) is 32.5. The molecule has 1 aliphatic rings. The highest BCUT2D eigenvalue weighted by molar-refractivity contribution is 8.00. The number of anilines is 3. The van der Waals surface area contributed by atoms with Crippen molar-refractivity contribution in [2.24, 2.45) is 5.92 Å². The van der Waals surface area contributed by atoms with Crippen LogP contribution in [0, 0.1) is 12.8 Å². The number of hydrogen-bond donors (Lipinski definition) is 3. The van der Waals surface area contributed by atoms with E-state index in [1.807, 2.05) is 72.8 Å². The summed E-state index contributed by atoms with van der Waals surface area (Å²) < 4.78 is 5.32. The average molecular weight is 656 g/mol. The standard InChI is InChI=1S/C36H37N3O5S2/c1-3-44-36(43)29-23(2)30(33(41)37-26-18-11-6-12-19-26)46-35(29)39-34(42)31(24-14-7-4-8-15-24)45-28-21-13-20-27(22-28)38-32(40)25-16-9-5-10-17-25/h4,6-8,11-15,18-22,25,31H,3,5,9-10,16-17H2,1-2H3,(H,37,41)(H,38,40)(H,39,42). The monoisotopic (exact) mass is 655 g/mol. The summed E-state index contributed by atoms with van der Waals surface area (Å²) in [5.41, 5.74) is 2.64. The highest BCUT2D eigenvalue weighted by atomic mass is 32.2. The second kappa shape index (κ2) is 15.7. The van der Waals surface area contributed by atoms with Gasteiger partial charge in [-0.1, -0.05) is 73.9 Å². The number of thioether (sulfide) groups is 1. The predicted octanol–water partition coefficient (Wildman–Crippen LogP) is 8.48. The van der Waals surface area contributed by atoms with E-state index in [0.29, 0.717) is 21.8 Å². The molecule has 0 aliphatic heterocycles. The third kappa shape index (κ3) is 8.24. The molecule has 1 aromatic heterocycles. The van der Waals surface area contributed by atoms with Gasteiger partial charge in [0.1, 0.15) is 10.3 Å². The maximum atomic E-state index is 14.1. The topological polar surface area (TPSA) is 114 Å². The van der Waals surface area contributed by atoms with Crippen LogP contribution in [0.25, 0.3) is 0 Å². The largest absolute Gasteiger partial charge is 0.462 e. The Bertz CT molecular complexity index is 1680. The maximum absolute atomic E-state index is 14.1. The van der Waals surface area contributed by atoms with Gasteiger partial charge in [-0.25, -0.2) is 4.79 Å². The van der Waals surface area contributed by atoms with E-state index in [9.17, 15) is 19.2 Å². The predicted molar refractivity (Wildman–Crippen MR) is 185 cm³/mol. The van der Waals surface area contributed by atoms with Crippen molar-refractivity contribution in [1.82, 2.24) is 0 Å². The van der Waals surface area contributed by atoms with Crippen LogP contribution in [-0.4, -0.2) is 30.3 Å². The van der Waals surface area contributed by atoms with E-state index in [-0.39, 0.29) is 40.8 Å². The lowest BCUT2D eigenvalue weighted by Gasteiger charge is -2.21. The Morgan fingerprint density at radius 2 is 1.52 bits per heavy atom.